The van der Waals surface area contributed by atoms with Gasteiger partial charge in [-0.05, 0) is 89.9 Å². The van der Waals surface area contributed by atoms with Crippen molar-refractivity contribution in [2.24, 2.45) is 0 Å². The average Bonchev–Trinajstić information content (AvgIpc) is 1.32. The second-order valence-corrected chi connectivity index (χ2v) is 31.1. The summed E-state index contributed by atoms with van der Waals surface area (Å²) < 4.78 is 67.8. The first-order valence-corrected chi connectivity index (χ1v) is 38.5. The zero-order chi connectivity index (χ0) is 67.4. The summed E-state index contributed by atoms with van der Waals surface area (Å²) in [6, 6.07) is -3.72. The molecule has 526 valence electrons. The Balaban J connectivity index is 0.751. The van der Waals surface area contributed by atoms with Crippen LogP contribution in [0, 0.1) is 0 Å². The van der Waals surface area contributed by atoms with Gasteiger partial charge in [0.05, 0.1) is 24.2 Å². The molecule has 8 unspecified atom stereocenters. The van der Waals surface area contributed by atoms with Crippen molar-refractivity contribution in [1.82, 2.24) is 73.4 Å². The molecule has 7 saturated heterocycles. The van der Waals surface area contributed by atoms with Crippen LogP contribution in [0.15, 0.2) is 0 Å². The van der Waals surface area contributed by atoms with Gasteiger partial charge in [-0.25, -0.2) is 9.59 Å². The number of carbonyl (C=O) groups is 9. The summed E-state index contributed by atoms with van der Waals surface area (Å²) in [6.07, 6.45) is 11.7. The molecule has 36 heteroatoms. The molecule has 8 heterocycles. The van der Waals surface area contributed by atoms with Crippen LogP contribution in [0.25, 0.3) is 0 Å². The van der Waals surface area contributed by atoms with Gasteiger partial charge in [-0.15, -0.1) is 0 Å². The van der Waals surface area contributed by atoms with Crippen LogP contribution in [0.3, 0.4) is 0 Å². The Morgan fingerprint density at radius 1 is 0.489 bits per heavy atom. The molecule has 0 spiro atoms. The minimum Gasteiger partial charge on any atom is -0.356 e. The summed E-state index contributed by atoms with van der Waals surface area (Å²) in [6.45, 7) is 4.81. The fraction of sp³-hybridized carbons (Fsp3) is 0.793. The second-order valence-electron chi connectivity index (χ2n) is 25.5. The Hall–Kier alpha value is -6.24. The monoisotopic (exact) mass is 1400 g/mol. The summed E-state index contributed by atoms with van der Waals surface area (Å²) in [5.74, 6) is -2.11. The lowest BCUT2D eigenvalue weighted by molar-refractivity contribution is -0.129. The maximum Gasteiger partial charge on any atom is 0.315 e. The van der Waals surface area contributed by atoms with Gasteiger partial charge < -0.3 is 73.2 Å². The Labute approximate surface area is 557 Å². The third-order valence-electron chi connectivity index (χ3n) is 18.1. The number of rotatable bonds is 36. The van der Waals surface area contributed by atoms with E-state index in [1.807, 2.05) is 38.2 Å². The summed E-state index contributed by atoms with van der Waals surface area (Å²) in [5.41, 5.74) is 0. The molecular weight excluding hydrogens is 1300 g/mol. The van der Waals surface area contributed by atoms with E-state index in [4.69, 9.17) is 15.0 Å². The first kappa shape index (κ1) is 73.6. The molecule has 1 aromatic rings. The van der Waals surface area contributed by atoms with E-state index in [-0.39, 0.29) is 72.8 Å². The molecule has 32 nitrogen and oxygen atoms in total. The van der Waals surface area contributed by atoms with Crippen LogP contribution < -0.4 is 73.2 Å². The number of unbranched alkanes of at least 4 members (excludes halogenated alkanes) is 6. The molecule has 7 fully saturated rings. The summed E-state index contributed by atoms with van der Waals surface area (Å²) in [5, 5.41) is 31.9. The standard InChI is InChI=1S/C58H95N17O15S4/c1-36(76)61-37-18-26-73(27-19-37)54-70-55(74-28-20-38(21-29-74)62-52(81)42(34-93(85,86)87)64-48(79)16-4-2-10-24-59-46(77)14-8-6-12-44-50-40(32-91-44)66-57(83)68-50)72-56(71-54)75-30-22-39(23-31-75)63-53(82)43(35-94(88,89)90)65-49(80)17-5-3-11-25-60-47(78)15-9-7-13-45-51-41(33-92-45)67-58(84)69-51/h37-45,50-51H,2-35H2,1H3,(H,59,77)(H,60,78)(H,61,76)(H,62,81)(H,63,82)(H,64,79)(H,65,80)(H2,66,68,83)(H2,67,69,84)(H,85,86,87)(H,88,89,90). The van der Waals surface area contributed by atoms with E-state index in [0.29, 0.717) is 171 Å². The Morgan fingerprint density at radius 3 is 1.18 bits per heavy atom. The molecule has 7 aliphatic heterocycles. The number of anilines is 3. The molecule has 8 rings (SSSR count). The quantitative estimate of drug-likeness (QED) is 0.0233. The fourth-order valence-corrected chi connectivity index (χ4v) is 17.4. The predicted molar refractivity (Wildman–Crippen MR) is 353 cm³/mol. The first-order chi connectivity index (χ1) is 44.9. The van der Waals surface area contributed by atoms with E-state index in [9.17, 15) is 69.1 Å². The van der Waals surface area contributed by atoms with Crippen LogP contribution >= 0.6 is 23.5 Å². The topological polar surface area (TPSA) is 443 Å². The molecule has 8 atom stereocenters. The predicted octanol–water partition coefficient (Wildman–Crippen LogP) is -0.304. The number of nitrogens with one attached hydrogen (secondary N) is 11. The molecule has 0 saturated carbocycles. The Morgan fingerprint density at radius 2 is 0.830 bits per heavy atom. The number of carbonyl (C=O) groups excluding carboxylic acids is 9. The number of hydrogen-bond acceptors (Lipinski definition) is 21. The molecule has 11 amide bonds. The molecule has 0 aromatic carbocycles. The lowest BCUT2D eigenvalue weighted by atomic mass is 10.0. The lowest BCUT2D eigenvalue weighted by Crippen LogP contribution is -2.54. The zero-order valence-corrected chi connectivity index (χ0v) is 56.7. The maximum atomic E-state index is 13.6. The smallest absolute Gasteiger partial charge is 0.315 e. The first-order valence-electron chi connectivity index (χ1n) is 33.2. The van der Waals surface area contributed by atoms with E-state index in [2.05, 4.69) is 58.5 Å². The van der Waals surface area contributed by atoms with Gasteiger partial charge in [-0.2, -0.15) is 55.3 Å². The van der Waals surface area contributed by atoms with Crippen LogP contribution in [-0.4, -0.2) is 235 Å². The van der Waals surface area contributed by atoms with Gasteiger partial charge in [0, 0.05) is 125 Å². The van der Waals surface area contributed by atoms with Crippen molar-refractivity contribution in [1.29, 1.82) is 0 Å². The molecule has 94 heavy (non-hydrogen) atoms. The van der Waals surface area contributed by atoms with Gasteiger partial charge in [-0.1, -0.05) is 25.7 Å². The van der Waals surface area contributed by atoms with Gasteiger partial charge in [-0.3, -0.25) is 42.7 Å². The van der Waals surface area contributed by atoms with Gasteiger partial charge in [0.25, 0.3) is 20.2 Å². The minimum absolute atomic E-state index is 0.0155. The van der Waals surface area contributed by atoms with Crippen LogP contribution in [0.1, 0.15) is 148 Å². The van der Waals surface area contributed by atoms with Crippen molar-refractivity contribution in [2.75, 3.05) is 90.1 Å². The third-order valence-corrected chi connectivity index (χ3v) is 22.6. The number of thioether (sulfide) groups is 2. The highest BCUT2D eigenvalue weighted by Crippen LogP contribution is 2.35. The normalized spacial score (nSPS) is 23.2. The average molecular weight is 1400 g/mol. The summed E-state index contributed by atoms with van der Waals surface area (Å²) >= 11 is 3.67. The fourth-order valence-electron chi connectivity index (χ4n) is 13.0. The summed E-state index contributed by atoms with van der Waals surface area (Å²) in [7, 11) is -9.39. The van der Waals surface area contributed by atoms with Crippen LogP contribution in [0.2, 0.25) is 0 Å². The van der Waals surface area contributed by atoms with Crippen LogP contribution in [-0.2, 0) is 53.8 Å². The molecular formula is C58H95N17O15S4. The van der Waals surface area contributed by atoms with Gasteiger partial charge >= 0.3 is 12.1 Å². The van der Waals surface area contributed by atoms with E-state index in [1.165, 1.54) is 6.92 Å². The van der Waals surface area contributed by atoms with Crippen molar-refractivity contribution < 1.29 is 69.1 Å². The highest BCUT2D eigenvalue weighted by atomic mass is 32.2. The van der Waals surface area contributed by atoms with Crippen molar-refractivity contribution in [3.05, 3.63) is 0 Å². The van der Waals surface area contributed by atoms with E-state index >= 15 is 0 Å². The zero-order valence-electron chi connectivity index (χ0n) is 53.4. The van der Waals surface area contributed by atoms with Gasteiger partial charge in [0.15, 0.2) is 0 Å². The maximum absolute atomic E-state index is 13.6. The Bertz CT molecular complexity index is 2850. The Kier molecular flexibility index (Phi) is 27.9. The molecule has 0 radical (unpaired) electrons. The number of piperidine rings is 3. The highest BCUT2D eigenvalue weighted by Gasteiger charge is 2.44. The molecule has 1 aromatic heterocycles. The highest BCUT2D eigenvalue weighted by molar-refractivity contribution is 8.00. The van der Waals surface area contributed by atoms with Crippen LogP contribution in [0.4, 0.5) is 27.4 Å². The number of nitrogens with zero attached hydrogens (tertiary/aromatic N) is 6. The molecule has 0 bridgehead atoms. The van der Waals surface area contributed by atoms with Crippen molar-refractivity contribution in [3.8, 4) is 0 Å². The molecule has 0 aliphatic carbocycles. The van der Waals surface area contributed by atoms with E-state index < -0.39 is 79.5 Å². The van der Waals surface area contributed by atoms with E-state index in [0.717, 1.165) is 50.0 Å². The van der Waals surface area contributed by atoms with Crippen molar-refractivity contribution >= 4 is 115 Å². The van der Waals surface area contributed by atoms with Gasteiger partial charge in [0.1, 0.15) is 23.6 Å². The largest absolute Gasteiger partial charge is 0.356 e. The number of fused-ring (bicyclic) bond motifs is 2. The van der Waals surface area contributed by atoms with Crippen molar-refractivity contribution in [3.63, 3.8) is 0 Å². The van der Waals surface area contributed by atoms with E-state index in [1.54, 1.807) is 0 Å². The van der Waals surface area contributed by atoms with Gasteiger partial charge in [0.2, 0.25) is 59.2 Å². The SMILES string of the molecule is CC(=O)NC1CCN(c2nc(N3CCC(NC(=O)C(CS(=O)(=O)O)NC(=O)CCCCCNC(=O)CCCCC4SCC5NC(=O)NC54)CC3)nc(N3CCC(NC(=O)C(CS(=O)(=O)O)NC(=O)CCCCCNC(=O)CCCCC4SCC5NC(=O)NC54)CC3)n2)CC1. The third kappa shape index (κ3) is 24.1. The minimum atomic E-state index is -4.69. The number of urea groups is 2. The summed E-state index contributed by atoms with van der Waals surface area (Å²) in [4.78, 5) is 134. The lowest BCUT2D eigenvalue weighted by Gasteiger charge is -2.37. The molecule has 13 N–H and O–H groups in total. The van der Waals surface area contributed by atoms with Crippen LogP contribution in [0.5, 0.6) is 0 Å². The van der Waals surface area contributed by atoms with Crippen molar-refractivity contribution in [2.45, 2.75) is 213 Å². The molecule has 7 aliphatic rings. The second kappa shape index (κ2) is 35.7. The number of amides is 11. The number of aromatic nitrogens is 3. The number of hydrogen-bond donors (Lipinski definition) is 13.